The number of hydrogen-bond donors (Lipinski definition) is 2. The number of carbonyl (C=O) groups excluding carboxylic acids is 2. The molecule has 0 spiro atoms. The second kappa shape index (κ2) is 8.90. The molecule has 1 atom stereocenters. The number of esters is 1. The van der Waals surface area contributed by atoms with Crippen LogP contribution in [0.25, 0.3) is 0 Å². The Labute approximate surface area is 175 Å². The quantitative estimate of drug-likeness (QED) is 0.356. The highest BCUT2D eigenvalue weighted by atomic mass is 16.7. The van der Waals surface area contributed by atoms with E-state index in [0.29, 0.717) is 11.1 Å². The minimum atomic E-state index is -2.24. The van der Waals surface area contributed by atoms with Gasteiger partial charge < -0.3 is 15.3 Å². The molecule has 0 heterocycles. The molecule has 154 valence electrons. The van der Waals surface area contributed by atoms with Crippen LogP contribution in [0.5, 0.6) is 0 Å². The molecule has 0 aliphatic rings. The fourth-order valence-corrected chi connectivity index (χ4v) is 3.59. The van der Waals surface area contributed by atoms with Crippen LogP contribution in [0.4, 0.5) is 0 Å². The van der Waals surface area contributed by atoms with E-state index in [1.165, 1.54) is 0 Å². The van der Waals surface area contributed by atoms with Gasteiger partial charge in [-0.2, -0.15) is 5.90 Å². The van der Waals surface area contributed by atoms with Crippen molar-refractivity contribution in [3.8, 4) is 0 Å². The summed E-state index contributed by atoms with van der Waals surface area (Å²) in [4.78, 5) is 30.7. The van der Waals surface area contributed by atoms with Gasteiger partial charge >= 0.3 is 11.9 Å². The summed E-state index contributed by atoms with van der Waals surface area (Å²) in [6.45, 7) is 1.66. The van der Waals surface area contributed by atoms with Crippen molar-refractivity contribution >= 4 is 11.9 Å². The van der Waals surface area contributed by atoms with Gasteiger partial charge in [0.2, 0.25) is 5.54 Å². The third-order valence-electron chi connectivity index (χ3n) is 5.45. The van der Waals surface area contributed by atoms with Gasteiger partial charge in [-0.1, -0.05) is 91.0 Å². The van der Waals surface area contributed by atoms with Gasteiger partial charge in [-0.15, -0.1) is 0 Å². The van der Waals surface area contributed by atoms with E-state index < -0.39 is 22.9 Å². The number of hydrogen-bond acceptors (Lipinski definition) is 6. The number of carbonyl (C=O) groups is 2. The largest absolute Gasteiger partial charge is 0.459 e. The maximum absolute atomic E-state index is 13.3. The van der Waals surface area contributed by atoms with Crippen molar-refractivity contribution in [3.05, 3.63) is 108 Å². The van der Waals surface area contributed by atoms with E-state index >= 15 is 0 Å². The fraction of sp³-hybridized carbons (Fsp3) is 0.167. The van der Waals surface area contributed by atoms with Crippen LogP contribution in [0.3, 0.4) is 0 Å². The summed E-state index contributed by atoms with van der Waals surface area (Å²) < 4.78 is 5.49. The van der Waals surface area contributed by atoms with Gasteiger partial charge in [0, 0.05) is 0 Å². The van der Waals surface area contributed by atoms with Gasteiger partial charge in [-0.25, -0.2) is 9.59 Å². The summed E-state index contributed by atoms with van der Waals surface area (Å²) in [5, 5.41) is 0. The summed E-state index contributed by atoms with van der Waals surface area (Å²) in [7, 11) is 0. The van der Waals surface area contributed by atoms with Crippen molar-refractivity contribution in [2.75, 3.05) is 0 Å². The fourth-order valence-electron chi connectivity index (χ4n) is 3.59. The van der Waals surface area contributed by atoms with Crippen molar-refractivity contribution < 1.29 is 19.2 Å². The van der Waals surface area contributed by atoms with E-state index in [4.69, 9.17) is 16.4 Å². The second-order valence-electron chi connectivity index (χ2n) is 7.13. The van der Waals surface area contributed by atoms with E-state index in [9.17, 15) is 9.59 Å². The molecule has 0 amide bonds. The lowest BCUT2D eigenvalue weighted by molar-refractivity contribution is -0.169. The van der Waals surface area contributed by atoms with Crippen molar-refractivity contribution in [2.24, 2.45) is 11.6 Å². The van der Waals surface area contributed by atoms with Gasteiger partial charge in [-0.3, -0.25) is 0 Å². The molecule has 3 aromatic rings. The first-order chi connectivity index (χ1) is 14.4. The van der Waals surface area contributed by atoms with E-state index in [-0.39, 0.29) is 6.61 Å². The molecule has 6 nitrogen and oxygen atoms in total. The summed E-state index contributed by atoms with van der Waals surface area (Å²) >= 11 is 0. The molecule has 30 heavy (non-hydrogen) atoms. The Morgan fingerprint density at radius 3 is 1.63 bits per heavy atom. The maximum atomic E-state index is 13.3. The number of ether oxygens (including phenoxy) is 1. The van der Waals surface area contributed by atoms with E-state index in [1.807, 2.05) is 30.3 Å². The zero-order valence-corrected chi connectivity index (χ0v) is 16.7. The average molecular weight is 404 g/mol. The van der Waals surface area contributed by atoms with E-state index in [2.05, 4.69) is 4.84 Å². The van der Waals surface area contributed by atoms with Crippen molar-refractivity contribution in [2.45, 2.75) is 24.5 Å². The minimum Gasteiger partial charge on any atom is -0.459 e. The van der Waals surface area contributed by atoms with Crippen molar-refractivity contribution in [1.29, 1.82) is 0 Å². The highest BCUT2D eigenvalue weighted by molar-refractivity contribution is 6.07. The third-order valence-corrected chi connectivity index (χ3v) is 5.45. The van der Waals surface area contributed by atoms with Gasteiger partial charge in [0.05, 0.1) is 5.41 Å². The van der Waals surface area contributed by atoms with Crippen LogP contribution in [0.15, 0.2) is 91.0 Å². The van der Waals surface area contributed by atoms with Crippen LogP contribution < -0.4 is 11.6 Å². The Morgan fingerprint density at radius 2 is 1.20 bits per heavy atom. The monoisotopic (exact) mass is 404 g/mol. The van der Waals surface area contributed by atoms with Crippen LogP contribution in [0, 0.1) is 0 Å². The van der Waals surface area contributed by atoms with Crippen LogP contribution in [0.1, 0.15) is 23.6 Å². The molecular formula is C24H24N2O4. The highest BCUT2D eigenvalue weighted by Crippen LogP contribution is 2.42. The molecule has 6 heteroatoms. The van der Waals surface area contributed by atoms with Gasteiger partial charge in [0.15, 0.2) is 0 Å². The van der Waals surface area contributed by atoms with E-state index in [0.717, 1.165) is 5.56 Å². The summed E-state index contributed by atoms with van der Waals surface area (Å²) in [6.07, 6.45) is 0. The average Bonchev–Trinajstić information content (AvgIpc) is 2.82. The Balaban J connectivity index is 2.12. The lowest BCUT2D eigenvalue weighted by atomic mass is 9.62. The number of benzene rings is 3. The van der Waals surface area contributed by atoms with Gasteiger partial charge in [0.1, 0.15) is 6.61 Å². The smallest absolute Gasteiger partial charge is 0.357 e. The molecule has 0 aromatic heterocycles. The molecule has 0 bridgehead atoms. The molecule has 0 radical (unpaired) electrons. The molecule has 0 saturated heterocycles. The Morgan fingerprint density at radius 1 is 0.767 bits per heavy atom. The predicted molar refractivity (Wildman–Crippen MR) is 113 cm³/mol. The van der Waals surface area contributed by atoms with E-state index in [1.54, 1.807) is 67.6 Å². The molecule has 0 fully saturated rings. The topological polar surface area (TPSA) is 105 Å². The molecule has 1 unspecified atom stereocenters. The third kappa shape index (κ3) is 3.70. The lowest BCUT2D eigenvalue weighted by Gasteiger charge is -2.42. The zero-order valence-electron chi connectivity index (χ0n) is 16.7. The lowest BCUT2D eigenvalue weighted by Crippen LogP contribution is -2.69. The van der Waals surface area contributed by atoms with Crippen LogP contribution in [-0.4, -0.2) is 17.5 Å². The van der Waals surface area contributed by atoms with Crippen LogP contribution >= 0.6 is 0 Å². The number of rotatable bonds is 7. The first kappa shape index (κ1) is 21.2. The predicted octanol–water partition coefficient (Wildman–Crippen LogP) is 2.85. The van der Waals surface area contributed by atoms with Gasteiger partial charge in [-0.05, 0) is 23.6 Å². The summed E-state index contributed by atoms with van der Waals surface area (Å²) in [6, 6.07) is 27.2. The zero-order chi connectivity index (χ0) is 21.6. The molecule has 0 aliphatic heterocycles. The summed E-state index contributed by atoms with van der Waals surface area (Å²) in [5.41, 5.74) is 5.06. The molecule has 3 rings (SSSR count). The normalized spacial score (nSPS) is 13.2. The minimum absolute atomic E-state index is 0.0455. The molecule has 0 saturated carbocycles. The Bertz CT molecular complexity index is 954. The highest BCUT2D eigenvalue weighted by Gasteiger charge is 2.61. The Hall–Kier alpha value is -3.48. The van der Waals surface area contributed by atoms with Crippen molar-refractivity contribution in [3.63, 3.8) is 0 Å². The van der Waals surface area contributed by atoms with Crippen LogP contribution in [0.2, 0.25) is 0 Å². The first-order valence-electron chi connectivity index (χ1n) is 9.47. The van der Waals surface area contributed by atoms with Crippen molar-refractivity contribution in [1.82, 2.24) is 0 Å². The summed E-state index contributed by atoms with van der Waals surface area (Å²) in [5.74, 6) is 3.20. The second-order valence-corrected chi connectivity index (χ2v) is 7.13. The van der Waals surface area contributed by atoms with Crippen LogP contribution in [-0.2, 0) is 31.2 Å². The van der Waals surface area contributed by atoms with Gasteiger partial charge in [0.25, 0.3) is 0 Å². The molecule has 0 aliphatic carbocycles. The first-order valence-corrected chi connectivity index (χ1v) is 9.47. The SMILES string of the molecule is CC(c1ccccc1)(c1ccccc1)C(N)(C(=O)ON)C(=O)OCc1ccccc1. The molecule has 4 N–H and O–H groups in total. The number of nitrogens with two attached hydrogens (primary N) is 2. The standard InChI is InChI=1S/C24H24N2O4/c1-23(19-13-7-3-8-14-19,20-15-9-4-10-16-20)24(25,22(28)30-26)21(27)29-17-18-11-5-2-6-12-18/h2-16H,17,25-26H2,1H3. The molecular weight excluding hydrogens is 380 g/mol. The maximum Gasteiger partial charge on any atom is 0.357 e. The Kier molecular flexibility index (Phi) is 6.30. The molecule has 3 aromatic carbocycles.